The Morgan fingerprint density at radius 3 is 3.04 bits per heavy atom. The van der Waals surface area contributed by atoms with Crippen molar-refractivity contribution in [2.75, 3.05) is 13.1 Å². The first-order valence-electron chi connectivity index (χ1n) is 7.99. The van der Waals surface area contributed by atoms with Gasteiger partial charge in [0.2, 0.25) is 5.91 Å². The van der Waals surface area contributed by atoms with Gasteiger partial charge in [-0.1, -0.05) is 31.2 Å². The summed E-state index contributed by atoms with van der Waals surface area (Å²) in [5, 5.41) is 13.9. The van der Waals surface area contributed by atoms with Crippen LogP contribution in [0.15, 0.2) is 24.3 Å². The predicted octanol–water partition coefficient (Wildman–Crippen LogP) is 0.519. The molecule has 1 amide bonds. The number of hydrogen-bond acceptors (Lipinski definition) is 5. The average Bonchev–Trinajstić information content (AvgIpc) is 3.03. The summed E-state index contributed by atoms with van der Waals surface area (Å²) < 4.78 is 0. The molecule has 7 nitrogen and oxygen atoms in total. The second-order valence-corrected chi connectivity index (χ2v) is 6.64. The lowest BCUT2D eigenvalue weighted by atomic mass is 9.71. The van der Waals surface area contributed by atoms with Crippen LogP contribution >= 0.6 is 0 Å². The third kappa shape index (κ3) is 3.07. The van der Waals surface area contributed by atoms with E-state index in [1.165, 1.54) is 11.1 Å². The first-order chi connectivity index (χ1) is 11.0. The second kappa shape index (κ2) is 6.25. The van der Waals surface area contributed by atoms with Crippen molar-refractivity contribution in [3.63, 3.8) is 0 Å². The van der Waals surface area contributed by atoms with Crippen molar-refractivity contribution in [2.24, 2.45) is 0 Å². The Labute approximate surface area is 135 Å². The molecule has 0 spiro atoms. The van der Waals surface area contributed by atoms with Gasteiger partial charge in [0.05, 0.1) is 6.54 Å². The van der Waals surface area contributed by atoms with Crippen LogP contribution < -0.4 is 16.2 Å². The maximum Gasteiger partial charge on any atom is 0.252 e. The third-order valence-electron chi connectivity index (χ3n) is 5.00. The number of nitro groups is 1. The molecule has 0 bridgehead atoms. The summed E-state index contributed by atoms with van der Waals surface area (Å²) in [5.41, 5.74) is 7.88. The quantitative estimate of drug-likeness (QED) is 0.555. The summed E-state index contributed by atoms with van der Waals surface area (Å²) in [4.78, 5) is 22.9. The summed E-state index contributed by atoms with van der Waals surface area (Å²) in [6, 6.07) is 6.57. The van der Waals surface area contributed by atoms with Crippen LogP contribution in [-0.4, -0.2) is 36.0 Å². The van der Waals surface area contributed by atoms with E-state index in [9.17, 15) is 14.9 Å². The standard InChI is InChI=1S/C16H22N4O3/c1-16(8-4-6-11-5-2-3-7-12(11)16)10-17-15(21)14-13(20(22)23)9-18-19-14/h2-3,5,7,13-14,18-19H,4,6,8-10H2,1H3,(H,17,21). The number of aryl methyl sites for hydroxylation is 1. The molecule has 3 rings (SSSR count). The number of fused-ring (bicyclic) bond motifs is 1. The lowest BCUT2D eigenvalue weighted by Crippen LogP contribution is -2.52. The molecule has 1 aromatic carbocycles. The van der Waals surface area contributed by atoms with E-state index in [-0.39, 0.29) is 17.9 Å². The van der Waals surface area contributed by atoms with Gasteiger partial charge >= 0.3 is 0 Å². The Morgan fingerprint density at radius 1 is 1.48 bits per heavy atom. The van der Waals surface area contributed by atoms with Gasteiger partial charge in [-0.05, 0) is 30.4 Å². The second-order valence-electron chi connectivity index (χ2n) is 6.64. The van der Waals surface area contributed by atoms with Crippen LogP contribution in [0.1, 0.15) is 30.9 Å². The number of amides is 1. The highest BCUT2D eigenvalue weighted by Crippen LogP contribution is 2.36. The van der Waals surface area contributed by atoms with E-state index in [2.05, 4.69) is 35.2 Å². The largest absolute Gasteiger partial charge is 0.354 e. The van der Waals surface area contributed by atoms with Crippen LogP contribution in [0.2, 0.25) is 0 Å². The summed E-state index contributed by atoms with van der Waals surface area (Å²) in [6.07, 6.45) is 3.15. The fourth-order valence-electron chi connectivity index (χ4n) is 3.63. The smallest absolute Gasteiger partial charge is 0.252 e. The van der Waals surface area contributed by atoms with Crippen LogP contribution in [0, 0.1) is 10.1 Å². The van der Waals surface area contributed by atoms with E-state index >= 15 is 0 Å². The molecule has 23 heavy (non-hydrogen) atoms. The average molecular weight is 318 g/mol. The Balaban J connectivity index is 1.69. The molecule has 1 aliphatic heterocycles. The van der Waals surface area contributed by atoms with Crippen molar-refractivity contribution < 1.29 is 9.72 Å². The Morgan fingerprint density at radius 2 is 2.26 bits per heavy atom. The molecule has 2 aliphatic rings. The molecular weight excluding hydrogens is 296 g/mol. The maximum atomic E-state index is 12.3. The molecule has 124 valence electrons. The van der Waals surface area contributed by atoms with E-state index in [0.29, 0.717) is 6.54 Å². The van der Waals surface area contributed by atoms with Gasteiger partial charge in [0.25, 0.3) is 6.04 Å². The normalized spacial score (nSPS) is 29.8. The van der Waals surface area contributed by atoms with Crippen molar-refractivity contribution in [3.8, 4) is 0 Å². The van der Waals surface area contributed by atoms with Crippen LogP contribution in [0.25, 0.3) is 0 Å². The molecular formula is C16H22N4O3. The van der Waals surface area contributed by atoms with Crippen molar-refractivity contribution in [3.05, 3.63) is 45.5 Å². The third-order valence-corrected chi connectivity index (χ3v) is 5.00. The van der Waals surface area contributed by atoms with Crippen molar-refractivity contribution in [1.29, 1.82) is 0 Å². The fourth-order valence-corrected chi connectivity index (χ4v) is 3.63. The first kappa shape index (κ1) is 15.9. The van der Waals surface area contributed by atoms with E-state index in [0.717, 1.165) is 19.3 Å². The molecule has 1 fully saturated rings. The zero-order valence-corrected chi connectivity index (χ0v) is 13.2. The van der Waals surface area contributed by atoms with Gasteiger partial charge in [-0.3, -0.25) is 14.9 Å². The fraction of sp³-hybridized carbons (Fsp3) is 0.562. The maximum absolute atomic E-state index is 12.3. The number of hydrazine groups is 1. The first-order valence-corrected chi connectivity index (χ1v) is 7.99. The zero-order valence-electron chi connectivity index (χ0n) is 13.2. The number of carbonyl (C=O) groups is 1. The van der Waals surface area contributed by atoms with Crippen LogP contribution in [-0.2, 0) is 16.6 Å². The number of nitrogens with one attached hydrogen (secondary N) is 3. The van der Waals surface area contributed by atoms with E-state index in [1.54, 1.807) is 0 Å². The molecule has 0 aromatic heterocycles. The SMILES string of the molecule is CC1(CNC(=O)C2NNCC2[N+](=O)[O-])CCCc2ccccc21. The van der Waals surface area contributed by atoms with Crippen LogP contribution in [0.5, 0.6) is 0 Å². The molecule has 1 aromatic rings. The molecule has 1 heterocycles. The monoisotopic (exact) mass is 318 g/mol. The summed E-state index contributed by atoms with van der Waals surface area (Å²) in [7, 11) is 0. The van der Waals surface area contributed by atoms with Gasteiger partial charge in [-0.15, -0.1) is 0 Å². The van der Waals surface area contributed by atoms with Crippen molar-refractivity contribution in [1.82, 2.24) is 16.2 Å². The number of rotatable bonds is 4. The van der Waals surface area contributed by atoms with Gasteiger partial charge in [0.15, 0.2) is 6.04 Å². The zero-order chi connectivity index (χ0) is 16.4. The van der Waals surface area contributed by atoms with Gasteiger partial charge in [-0.2, -0.15) is 0 Å². The highest BCUT2D eigenvalue weighted by Gasteiger charge is 2.42. The Hall–Kier alpha value is -1.99. The predicted molar refractivity (Wildman–Crippen MR) is 85.5 cm³/mol. The van der Waals surface area contributed by atoms with Gasteiger partial charge in [-0.25, -0.2) is 10.9 Å². The molecule has 0 radical (unpaired) electrons. The minimum atomic E-state index is -0.929. The van der Waals surface area contributed by atoms with Crippen LogP contribution in [0.4, 0.5) is 0 Å². The van der Waals surface area contributed by atoms with Crippen molar-refractivity contribution in [2.45, 2.75) is 43.7 Å². The summed E-state index contributed by atoms with van der Waals surface area (Å²) in [6.45, 7) is 2.80. The van der Waals surface area contributed by atoms with Crippen LogP contribution in [0.3, 0.4) is 0 Å². The molecule has 3 unspecified atom stereocenters. The Bertz CT molecular complexity index is 621. The number of benzene rings is 1. The molecule has 3 N–H and O–H groups in total. The topological polar surface area (TPSA) is 96.3 Å². The lowest BCUT2D eigenvalue weighted by Gasteiger charge is -2.36. The van der Waals surface area contributed by atoms with Gasteiger partial charge in [0, 0.05) is 16.9 Å². The highest BCUT2D eigenvalue weighted by molar-refractivity contribution is 5.82. The minimum Gasteiger partial charge on any atom is -0.354 e. The number of carbonyl (C=O) groups excluding carboxylic acids is 1. The Kier molecular flexibility index (Phi) is 4.32. The minimum absolute atomic E-state index is 0.124. The van der Waals surface area contributed by atoms with Gasteiger partial charge < -0.3 is 5.32 Å². The summed E-state index contributed by atoms with van der Waals surface area (Å²) >= 11 is 0. The molecule has 1 aliphatic carbocycles. The summed E-state index contributed by atoms with van der Waals surface area (Å²) in [5.74, 6) is -0.319. The highest BCUT2D eigenvalue weighted by atomic mass is 16.6. The lowest BCUT2D eigenvalue weighted by molar-refractivity contribution is -0.517. The molecule has 0 saturated carbocycles. The number of nitrogens with zero attached hydrogens (tertiary/aromatic N) is 1. The van der Waals surface area contributed by atoms with E-state index < -0.39 is 17.0 Å². The molecule has 3 atom stereocenters. The van der Waals surface area contributed by atoms with E-state index in [1.807, 2.05) is 12.1 Å². The van der Waals surface area contributed by atoms with Gasteiger partial charge in [0.1, 0.15) is 0 Å². The molecule has 1 saturated heterocycles. The van der Waals surface area contributed by atoms with E-state index in [4.69, 9.17) is 0 Å². The van der Waals surface area contributed by atoms with Crippen molar-refractivity contribution >= 4 is 5.91 Å². The molecule has 7 heteroatoms. The number of hydrogen-bond donors (Lipinski definition) is 3.